The quantitative estimate of drug-likeness (QED) is 0.713. The van der Waals surface area contributed by atoms with E-state index in [0.29, 0.717) is 25.1 Å². The van der Waals surface area contributed by atoms with Crippen molar-refractivity contribution in [1.29, 1.82) is 0 Å². The minimum absolute atomic E-state index is 0.128. The highest BCUT2D eigenvalue weighted by atomic mass is 19.1. The van der Waals surface area contributed by atoms with Crippen LogP contribution < -0.4 is 10.1 Å². The van der Waals surface area contributed by atoms with Crippen molar-refractivity contribution in [3.63, 3.8) is 0 Å². The van der Waals surface area contributed by atoms with E-state index in [1.165, 1.54) is 12.1 Å². The number of aryl methyl sites for hydroxylation is 1. The average Bonchev–Trinajstić information content (AvgIpc) is 2.99. The van der Waals surface area contributed by atoms with E-state index in [4.69, 9.17) is 4.74 Å². The molecule has 0 saturated heterocycles. The van der Waals surface area contributed by atoms with E-state index in [-0.39, 0.29) is 11.7 Å². The van der Waals surface area contributed by atoms with Gasteiger partial charge in [0.25, 0.3) is 5.91 Å². The molecule has 3 rings (SSSR count). The van der Waals surface area contributed by atoms with E-state index < -0.39 is 0 Å². The Kier molecular flexibility index (Phi) is 5.03. The van der Waals surface area contributed by atoms with Crippen molar-refractivity contribution in [3.8, 4) is 5.75 Å². The van der Waals surface area contributed by atoms with Gasteiger partial charge in [-0.1, -0.05) is 0 Å². The van der Waals surface area contributed by atoms with Gasteiger partial charge in [0, 0.05) is 29.2 Å². The molecule has 2 aromatic carbocycles. The molecule has 0 atom stereocenters. The number of rotatable bonds is 6. The Morgan fingerprint density at radius 1 is 1.24 bits per heavy atom. The normalized spacial score (nSPS) is 10.8. The smallest absolute Gasteiger partial charge is 0.251 e. The standard InChI is InChI=1S/C20H21FN2O2/c1-3-25-19-7-4-14(10-13(19)2)20(24)22-9-8-15-12-23-18-6-5-16(21)11-17(15)18/h4-7,10-12,23H,3,8-9H2,1-2H3,(H,22,24). The summed E-state index contributed by atoms with van der Waals surface area (Å²) in [5, 5.41) is 3.76. The number of hydrogen-bond acceptors (Lipinski definition) is 2. The minimum Gasteiger partial charge on any atom is -0.494 e. The summed E-state index contributed by atoms with van der Waals surface area (Å²) in [7, 11) is 0. The van der Waals surface area contributed by atoms with Crippen LogP contribution in [0.4, 0.5) is 4.39 Å². The molecule has 0 aliphatic carbocycles. The molecule has 0 radical (unpaired) electrons. The average molecular weight is 340 g/mol. The third-order valence-corrected chi connectivity index (χ3v) is 4.15. The Labute approximate surface area is 146 Å². The van der Waals surface area contributed by atoms with Gasteiger partial charge in [-0.3, -0.25) is 4.79 Å². The Morgan fingerprint density at radius 2 is 2.08 bits per heavy atom. The number of carbonyl (C=O) groups excluding carboxylic acids is 1. The van der Waals surface area contributed by atoms with Crippen LogP contribution in [0.25, 0.3) is 10.9 Å². The van der Waals surface area contributed by atoms with Crippen LogP contribution >= 0.6 is 0 Å². The number of halogens is 1. The number of aromatic nitrogens is 1. The van der Waals surface area contributed by atoms with Gasteiger partial charge < -0.3 is 15.0 Å². The minimum atomic E-state index is -0.262. The van der Waals surface area contributed by atoms with Gasteiger partial charge in [-0.05, 0) is 67.8 Å². The molecule has 0 aliphatic heterocycles. The second-order valence-corrected chi connectivity index (χ2v) is 5.92. The van der Waals surface area contributed by atoms with Gasteiger partial charge in [-0.2, -0.15) is 0 Å². The highest BCUT2D eigenvalue weighted by Crippen LogP contribution is 2.20. The van der Waals surface area contributed by atoms with Gasteiger partial charge in [0.15, 0.2) is 0 Å². The number of aromatic amines is 1. The number of H-pyrrole nitrogens is 1. The molecule has 0 aliphatic rings. The van der Waals surface area contributed by atoms with Gasteiger partial charge in [-0.15, -0.1) is 0 Å². The van der Waals surface area contributed by atoms with Crippen molar-refractivity contribution in [2.24, 2.45) is 0 Å². The molecule has 1 heterocycles. The fraction of sp³-hybridized carbons (Fsp3) is 0.250. The van der Waals surface area contributed by atoms with Crippen LogP contribution in [0.3, 0.4) is 0 Å². The van der Waals surface area contributed by atoms with Crippen LogP contribution in [0.5, 0.6) is 5.75 Å². The van der Waals surface area contributed by atoms with Crippen LogP contribution in [0.1, 0.15) is 28.4 Å². The molecule has 2 N–H and O–H groups in total. The molecular weight excluding hydrogens is 319 g/mol. The molecular formula is C20H21FN2O2. The van der Waals surface area contributed by atoms with Gasteiger partial charge in [0.1, 0.15) is 11.6 Å². The summed E-state index contributed by atoms with van der Waals surface area (Å²) >= 11 is 0. The molecule has 0 fully saturated rings. The van der Waals surface area contributed by atoms with Crippen molar-refractivity contribution < 1.29 is 13.9 Å². The molecule has 3 aromatic rings. The fourth-order valence-corrected chi connectivity index (χ4v) is 2.88. The van der Waals surface area contributed by atoms with E-state index in [2.05, 4.69) is 10.3 Å². The highest BCUT2D eigenvalue weighted by Gasteiger charge is 2.09. The van der Waals surface area contributed by atoms with Crippen molar-refractivity contribution in [3.05, 3.63) is 65.1 Å². The number of carbonyl (C=O) groups is 1. The topological polar surface area (TPSA) is 54.1 Å². The highest BCUT2D eigenvalue weighted by molar-refractivity contribution is 5.94. The monoisotopic (exact) mass is 340 g/mol. The summed E-state index contributed by atoms with van der Waals surface area (Å²) in [5.74, 6) is 0.402. The molecule has 0 unspecified atom stereocenters. The van der Waals surface area contributed by atoms with E-state index >= 15 is 0 Å². The molecule has 0 saturated carbocycles. The zero-order chi connectivity index (χ0) is 17.8. The van der Waals surface area contributed by atoms with Gasteiger partial charge in [0.05, 0.1) is 6.61 Å². The lowest BCUT2D eigenvalue weighted by Crippen LogP contribution is -2.25. The molecule has 1 amide bonds. The Morgan fingerprint density at radius 3 is 2.84 bits per heavy atom. The van der Waals surface area contributed by atoms with Crippen LogP contribution in [0, 0.1) is 12.7 Å². The first-order valence-electron chi connectivity index (χ1n) is 8.35. The van der Waals surface area contributed by atoms with E-state index in [0.717, 1.165) is 27.8 Å². The first-order chi connectivity index (χ1) is 12.1. The predicted molar refractivity (Wildman–Crippen MR) is 96.6 cm³/mol. The zero-order valence-corrected chi connectivity index (χ0v) is 14.4. The number of hydrogen-bond donors (Lipinski definition) is 2. The molecule has 0 bridgehead atoms. The van der Waals surface area contributed by atoms with E-state index in [1.54, 1.807) is 12.1 Å². The van der Waals surface area contributed by atoms with Crippen molar-refractivity contribution in [2.75, 3.05) is 13.2 Å². The summed E-state index contributed by atoms with van der Waals surface area (Å²) in [4.78, 5) is 15.4. The van der Waals surface area contributed by atoms with Crippen LogP contribution in [-0.4, -0.2) is 24.0 Å². The Balaban J connectivity index is 1.62. The third kappa shape index (κ3) is 3.82. The number of nitrogens with one attached hydrogen (secondary N) is 2. The van der Waals surface area contributed by atoms with Crippen LogP contribution in [0.2, 0.25) is 0 Å². The molecule has 5 heteroatoms. The first kappa shape index (κ1) is 17.0. The Hall–Kier alpha value is -2.82. The number of amides is 1. The molecule has 1 aromatic heterocycles. The summed E-state index contributed by atoms with van der Waals surface area (Å²) in [6.45, 7) is 4.92. The zero-order valence-electron chi connectivity index (χ0n) is 14.4. The lowest BCUT2D eigenvalue weighted by Gasteiger charge is -2.09. The van der Waals surface area contributed by atoms with Crippen molar-refractivity contribution in [1.82, 2.24) is 10.3 Å². The predicted octanol–water partition coefficient (Wildman–Crippen LogP) is 3.99. The van der Waals surface area contributed by atoms with Crippen LogP contribution in [0.15, 0.2) is 42.6 Å². The summed E-state index contributed by atoms with van der Waals surface area (Å²) < 4.78 is 18.9. The summed E-state index contributed by atoms with van der Waals surface area (Å²) in [6.07, 6.45) is 2.49. The summed E-state index contributed by atoms with van der Waals surface area (Å²) in [5.41, 5.74) is 3.41. The van der Waals surface area contributed by atoms with Crippen molar-refractivity contribution >= 4 is 16.8 Å². The number of benzene rings is 2. The van der Waals surface area contributed by atoms with Crippen molar-refractivity contribution in [2.45, 2.75) is 20.3 Å². The first-order valence-corrected chi connectivity index (χ1v) is 8.35. The molecule has 4 nitrogen and oxygen atoms in total. The third-order valence-electron chi connectivity index (χ3n) is 4.15. The maximum absolute atomic E-state index is 13.4. The maximum atomic E-state index is 13.4. The van der Waals surface area contributed by atoms with Gasteiger partial charge >= 0.3 is 0 Å². The van der Waals surface area contributed by atoms with Gasteiger partial charge in [-0.25, -0.2) is 4.39 Å². The second-order valence-electron chi connectivity index (χ2n) is 5.92. The SMILES string of the molecule is CCOc1ccc(C(=O)NCCc2c[nH]c3ccc(F)cc23)cc1C. The largest absolute Gasteiger partial charge is 0.494 e. The summed E-state index contributed by atoms with van der Waals surface area (Å²) in [6, 6.07) is 10.1. The molecule has 0 spiro atoms. The Bertz CT molecular complexity index is 902. The number of ether oxygens (including phenoxy) is 1. The van der Waals surface area contributed by atoms with Gasteiger partial charge in [0.2, 0.25) is 0 Å². The maximum Gasteiger partial charge on any atom is 0.251 e. The fourth-order valence-electron chi connectivity index (χ4n) is 2.88. The van der Waals surface area contributed by atoms with E-state index in [9.17, 15) is 9.18 Å². The second kappa shape index (κ2) is 7.38. The molecule has 130 valence electrons. The molecule has 25 heavy (non-hydrogen) atoms. The van der Waals surface area contributed by atoms with E-state index in [1.807, 2.05) is 32.2 Å². The number of fused-ring (bicyclic) bond motifs is 1. The van der Waals surface area contributed by atoms with Crippen LogP contribution in [-0.2, 0) is 6.42 Å². The lowest BCUT2D eigenvalue weighted by molar-refractivity contribution is 0.0954. The lowest BCUT2D eigenvalue weighted by atomic mass is 10.1.